The third-order valence-corrected chi connectivity index (χ3v) is 3.54. The Labute approximate surface area is 122 Å². The van der Waals surface area contributed by atoms with Crippen LogP contribution in [0.2, 0.25) is 0 Å². The van der Waals surface area contributed by atoms with Gasteiger partial charge in [0.1, 0.15) is 0 Å². The highest BCUT2D eigenvalue weighted by molar-refractivity contribution is 5.69. The number of hydrogen-bond donors (Lipinski definition) is 1. The largest absolute Gasteiger partial charge is 0.481 e. The zero-order valence-electron chi connectivity index (χ0n) is 13.0. The van der Waals surface area contributed by atoms with Gasteiger partial charge in [-0.3, -0.25) is 9.59 Å². The predicted molar refractivity (Wildman–Crippen MR) is 79.6 cm³/mol. The fourth-order valence-corrected chi connectivity index (χ4v) is 2.08. The van der Waals surface area contributed by atoms with Gasteiger partial charge in [0, 0.05) is 12.8 Å². The van der Waals surface area contributed by atoms with E-state index in [1.165, 1.54) is 12.8 Å². The molecular weight excluding hydrogens is 256 g/mol. The molecule has 0 heterocycles. The quantitative estimate of drug-likeness (QED) is 0.407. The minimum Gasteiger partial charge on any atom is -0.481 e. The van der Waals surface area contributed by atoms with Crippen LogP contribution < -0.4 is 0 Å². The fourth-order valence-electron chi connectivity index (χ4n) is 2.08. The Balaban J connectivity index is 3.50. The fraction of sp³-hybridized carbons (Fsp3) is 0.875. The SMILES string of the molecule is CCCCC(CC)COC(=O)CCCCCCC(=O)O. The summed E-state index contributed by atoms with van der Waals surface area (Å²) in [5, 5.41) is 8.49. The number of aliphatic carboxylic acids is 1. The van der Waals surface area contributed by atoms with Crippen molar-refractivity contribution in [1.29, 1.82) is 0 Å². The van der Waals surface area contributed by atoms with Crippen molar-refractivity contribution in [3.05, 3.63) is 0 Å². The molecule has 1 atom stereocenters. The van der Waals surface area contributed by atoms with Crippen LogP contribution >= 0.6 is 0 Å². The van der Waals surface area contributed by atoms with Crippen molar-refractivity contribution in [2.75, 3.05) is 6.61 Å². The summed E-state index contributed by atoms with van der Waals surface area (Å²) in [6.45, 7) is 4.86. The minimum atomic E-state index is -0.748. The average Bonchev–Trinajstić information content (AvgIpc) is 2.42. The van der Waals surface area contributed by atoms with E-state index in [0.29, 0.717) is 25.4 Å². The Kier molecular flexibility index (Phi) is 12.3. The summed E-state index contributed by atoms with van der Waals surface area (Å²) in [4.78, 5) is 21.9. The topological polar surface area (TPSA) is 63.6 Å². The summed E-state index contributed by atoms with van der Waals surface area (Å²) >= 11 is 0. The summed E-state index contributed by atoms with van der Waals surface area (Å²) in [6.07, 6.45) is 8.50. The maximum atomic E-state index is 11.6. The molecule has 0 aliphatic heterocycles. The zero-order valence-corrected chi connectivity index (χ0v) is 13.0. The van der Waals surface area contributed by atoms with E-state index in [9.17, 15) is 9.59 Å². The molecule has 0 aliphatic carbocycles. The Bertz CT molecular complexity index is 263. The van der Waals surface area contributed by atoms with E-state index >= 15 is 0 Å². The van der Waals surface area contributed by atoms with Gasteiger partial charge in [-0.1, -0.05) is 46.0 Å². The molecule has 1 unspecified atom stereocenters. The molecule has 118 valence electrons. The molecular formula is C16H30O4. The van der Waals surface area contributed by atoms with E-state index in [4.69, 9.17) is 9.84 Å². The Hall–Kier alpha value is -1.06. The Morgan fingerprint density at radius 1 is 1.00 bits per heavy atom. The van der Waals surface area contributed by atoms with Crippen molar-refractivity contribution in [2.24, 2.45) is 5.92 Å². The van der Waals surface area contributed by atoms with Crippen molar-refractivity contribution in [3.8, 4) is 0 Å². The number of carboxylic acids is 1. The van der Waals surface area contributed by atoms with E-state index in [2.05, 4.69) is 13.8 Å². The van der Waals surface area contributed by atoms with Crippen LogP contribution in [0, 0.1) is 5.92 Å². The van der Waals surface area contributed by atoms with Crippen molar-refractivity contribution in [2.45, 2.75) is 78.1 Å². The van der Waals surface area contributed by atoms with Crippen LogP contribution in [0.15, 0.2) is 0 Å². The van der Waals surface area contributed by atoms with Gasteiger partial charge in [0.05, 0.1) is 6.61 Å². The second-order valence-corrected chi connectivity index (χ2v) is 5.41. The van der Waals surface area contributed by atoms with Gasteiger partial charge in [-0.2, -0.15) is 0 Å². The van der Waals surface area contributed by atoms with Crippen LogP contribution in [0.5, 0.6) is 0 Å². The zero-order chi connectivity index (χ0) is 15.2. The van der Waals surface area contributed by atoms with E-state index in [0.717, 1.165) is 32.1 Å². The highest BCUT2D eigenvalue weighted by Gasteiger charge is 2.09. The maximum Gasteiger partial charge on any atom is 0.305 e. The van der Waals surface area contributed by atoms with Gasteiger partial charge in [0.15, 0.2) is 0 Å². The summed E-state index contributed by atoms with van der Waals surface area (Å²) in [7, 11) is 0. The molecule has 0 spiro atoms. The second-order valence-electron chi connectivity index (χ2n) is 5.41. The molecule has 20 heavy (non-hydrogen) atoms. The molecule has 0 amide bonds. The molecule has 0 bridgehead atoms. The van der Waals surface area contributed by atoms with Gasteiger partial charge in [0.25, 0.3) is 0 Å². The molecule has 4 nitrogen and oxygen atoms in total. The first-order valence-electron chi connectivity index (χ1n) is 7.97. The van der Waals surface area contributed by atoms with E-state index < -0.39 is 5.97 Å². The summed E-state index contributed by atoms with van der Waals surface area (Å²) in [6, 6.07) is 0. The number of rotatable bonds is 13. The summed E-state index contributed by atoms with van der Waals surface area (Å²) < 4.78 is 5.30. The standard InChI is InChI=1S/C16H30O4/c1-3-5-10-14(4-2)13-20-16(19)12-9-7-6-8-11-15(17)18/h14H,3-13H2,1-2H3,(H,17,18). The van der Waals surface area contributed by atoms with Crippen molar-refractivity contribution in [1.82, 2.24) is 0 Å². The third kappa shape index (κ3) is 12.0. The molecule has 4 heteroatoms. The number of esters is 1. The summed E-state index contributed by atoms with van der Waals surface area (Å²) in [5.41, 5.74) is 0. The van der Waals surface area contributed by atoms with E-state index in [1.807, 2.05) is 0 Å². The molecule has 0 aromatic heterocycles. The second kappa shape index (κ2) is 12.9. The first-order chi connectivity index (χ1) is 9.60. The lowest BCUT2D eigenvalue weighted by Crippen LogP contribution is -2.13. The van der Waals surface area contributed by atoms with Crippen molar-refractivity contribution < 1.29 is 19.4 Å². The monoisotopic (exact) mass is 286 g/mol. The Morgan fingerprint density at radius 2 is 1.65 bits per heavy atom. The van der Waals surface area contributed by atoms with Crippen molar-refractivity contribution >= 4 is 11.9 Å². The van der Waals surface area contributed by atoms with Crippen LogP contribution in [0.3, 0.4) is 0 Å². The third-order valence-electron chi connectivity index (χ3n) is 3.54. The predicted octanol–water partition coefficient (Wildman–Crippen LogP) is 4.17. The van der Waals surface area contributed by atoms with Gasteiger partial charge >= 0.3 is 11.9 Å². The van der Waals surface area contributed by atoms with Crippen LogP contribution in [0.1, 0.15) is 78.1 Å². The normalized spacial score (nSPS) is 12.1. The van der Waals surface area contributed by atoms with Crippen LogP contribution in [-0.4, -0.2) is 23.7 Å². The maximum absolute atomic E-state index is 11.6. The summed E-state index contributed by atoms with van der Waals surface area (Å²) in [5.74, 6) is -0.366. The highest BCUT2D eigenvalue weighted by atomic mass is 16.5. The molecule has 0 aromatic rings. The van der Waals surface area contributed by atoms with Crippen LogP contribution in [-0.2, 0) is 14.3 Å². The van der Waals surface area contributed by atoms with Gasteiger partial charge in [-0.25, -0.2) is 0 Å². The number of ether oxygens (including phenoxy) is 1. The van der Waals surface area contributed by atoms with Crippen LogP contribution in [0.4, 0.5) is 0 Å². The molecule has 0 rings (SSSR count). The minimum absolute atomic E-state index is 0.113. The lowest BCUT2D eigenvalue weighted by atomic mass is 10.0. The smallest absolute Gasteiger partial charge is 0.305 e. The molecule has 1 N–H and O–H groups in total. The van der Waals surface area contributed by atoms with E-state index in [1.54, 1.807) is 0 Å². The first kappa shape index (κ1) is 18.9. The highest BCUT2D eigenvalue weighted by Crippen LogP contribution is 2.13. The Morgan fingerprint density at radius 3 is 2.20 bits per heavy atom. The number of hydrogen-bond acceptors (Lipinski definition) is 3. The van der Waals surface area contributed by atoms with Gasteiger partial charge < -0.3 is 9.84 Å². The molecule has 0 saturated carbocycles. The van der Waals surface area contributed by atoms with Gasteiger partial charge in [-0.05, 0) is 25.2 Å². The molecule has 0 aromatic carbocycles. The van der Waals surface area contributed by atoms with E-state index in [-0.39, 0.29) is 12.4 Å². The van der Waals surface area contributed by atoms with Crippen LogP contribution in [0.25, 0.3) is 0 Å². The van der Waals surface area contributed by atoms with Gasteiger partial charge in [0.2, 0.25) is 0 Å². The molecule has 0 fully saturated rings. The number of carboxylic acid groups (broad SMARTS) is 1. The number of carbonyl (C=O) groups is 2. The molecule has 0 saturated heterocycles. The lowest BCUT2D eigenvalue weighted by molar-refractivity contribution is -0.145. The number of unbranched alkanes of at least 4 members (excludes halogenated alkanes) is 4. The molecule has 0 radical (unpaired) electrons. The molecule has 0 aliphatic rings. The average molecular weight is 286 g/mol. The number of carbonyl (C=O) groups excluding carboxylic acids is 1. The van der Waals surface area contributed by atoms with Gasteiger partial charge in [-0.15, -0.1) is 0 Å². The van der Waals surface area contributed by atoms with Crippen molar-refractivity contribution in [3.63, 3.8) is 0 Å². The lowest BCUT2D eigenvalue weighted by Gasteiger charge is -2.14. The first-order valence-corrected chi connectivity index (χ1v) is 7.97.